The van der Waals surface area contributed by atoms with E-state index in [4.69, 9.17) is 5.11 Å². The molecule has 0 radical (unpaired) electrons. The average Bonchev–Trinajstić information content (AvgIpc) is 2.91. The van der Waals surface area contributed by atoms with Gasteiger partial charge in [-0.1, -0.05) is 6.07 Å². The van der Waals surface area contributed by atoms with Gasteiger partial charge in [-0.15, -0.1) is 0 Å². The second kappa shape index (κ2) is 6.06. The number of carboxylic acids is 1. The SMILES string of the molecule is Cc1ccc(C(=O)O)cc1S(=O)(=O)NCCn1ccnc1. The van der Waals surface area contributed by atoms with Crippen molar-refractivity contribution in [3.63, 3.8) is 0 Å². The summed E-state index contributed by atoms with van der Waals surface area (Å²) in [6, 6.07) is 4.02. The van der Waals surface area contributed by atoms with Crippen molar-refractivity contribution in [2.24, 2.45) is 0 Å². The van der Waals surface area contributed by atoms with Crippen molar-refractivity contribution in [1.82, 2.24) is 14.3 Å². The minimum absolute atomic E-state index is 0.0203. The van der Waals surface area contributed by atoms with Crippen molar-refractivity contribution in [2.75, 3.05) is 6.54 Å². The van der Waals surface area contributed by atoms with Crippen molar-refractivity contribution in [2.45, 2.75) is 18.4 Å². The van der Waals surface area contributed by atoms with Crippen LogP contribution < -0.4 is 4.72 Å². The Labute approximate surface area is 122 Å². The lowest BCUT2D eigenvalue weighted by atomic mass is 10.1. The van der Waals surface area contributed by atoms with Gasteiger partial charge in [-0.2, -0.15) is 0 Å². The molecule has 2 aromatic rings. The number of hydrogen-bond donors (Lipinski definition) is 2. The summed E-state index contributed by atoms with van der Waals surface area (Å²) in [6.07, 6.45) is 4.92. The van der Waals surface area contributed by atoms with Crippen LogP contribution in [0.3, 0.4) is 0 Å². The number of carbonyl (C=O) groups is 1. The van der Waals surface area contributed by atoms with Crippen LogP contribution in [0.5, 0.6) is 0 Å². The van der Waals surface area contributed by atoms with Gasteiger partial charge >= 0.3 is 5.97 Å². The lowest BCUT2D eigenvalue weighted by Crippen LogP contribution is -2.28. The summed E-state index contributed by atoms with van der Waals surface area (Å²) >= 11 is 0. The maximum Gasteiger partial charge on any atom is 0.335 e. The minimum atomic E-state index is -3.75. The highest BCUT2D eigenvalue weighted by atomic mass is 32.2. The van der Waals surface area contributed by atoms with Crippen LogP contribution in [0, 0.1) is 6.92 Å². The highest BCUT2D eigenvalue weighted by molar-refractivity contribution is 7.89. The second-order valence-corrected chi connectivity index (χ2v) is 6.22. The van der Waals surface area contributed by atoms with E-state index in [0.717, 1.165) is 6.07 Å². The Morgan fingerprint density at radius 2 is 2.19 bits per heavy atom. The number of benzene rings is 1. The van der Waals surface area contributed by atoms with Gasteiger partial charge in [0.1, 0.15) is 0 Å². The number of carboxylic acid groups (broad SMARTS) is 1. The first-order valence-corrected chi connectivity index (χ1v) is 7.68. The fourth-order valence-electron chi connectivity index (χ4n) is 1.83. The molecule has 0 fully saturated rings. The quantitative estimate of drug-likeness (QED) is 0.824. The third kappa shape index (κ3) is 3.67. The number of hydrogen-bond acceptors (Lipinski definition) is 4. The molecule has 7 nitrogen and oxygen atoms in total. The number of nitrogens with one attached hydrogen (secondary N) is 1. The fourth-order valence-corrected chi connectivity index (χ4v) is 3.12. The lowest BCUT2D eigenvalue weighted by molar-refractivity contribution is 0.0696. The average molecular weight is 309 g/mol. The summed E-state index contributed by atoms with van der Waals surface area (Å²) < 4.78 is 28.6. The van der Waals surface area contributed by atoms with Crippen LogP contribution in [0.1, 0.15) is 15.9 Å². The number of aromatic nitrogens is 2. The molecule has 0 aliphatic carbocycles. The van der Waals surface area contributed by atoms with E-state index in [2.05, 4.69) is 9.71 Å². The Morgan fingerprint density at radius 1 is 1.43 bits per heavy atom. The van der Waals surface area contributed by atoms with Crippen molar-refractivity contribution in [1.29, 1.82) is 0 Å². The van der Waals surface area contributed by atoms with Gasteiger partial charge in [0.25, 0.3) is 0 Å². The molecule has 0 unspecified atom stereocenters. The standard InChI is InChI=1S/C13H15N3O4S/c1-10-2-3-11(13(17)18)8-12(10)21(19,20)15-5-7-16-6-4-14-9-16/h2-4,6,8-9,15H,5,7H2,1H3,(H,17,18). The molecular formula is C13H15N3O4S. The third-order valence-electron chi connectivity index (χ3n) is 2.95. The number of rotatable bonds is 6. The monoisotopic (exact) mass is 309 g/mol. The van der Waals surface area contributed by atoms with Crippen LogP contribution in [0.15, 0.2) is 41.8 Å². The molecule has 0 saturated carbocycles. The zero-order chi connectivity index (χ0) is 15.5. The Hall–Kier alpha value is -2.19. The van der Waals surface area contributed by atoms with Gasteiger partial charge < -0.3 is 9.67 Å². The predicted octanol–water partition coefficient (Wildman–Crippen LogP) is 0.868. The van der Waals surface area contributed by atoms with Crippen molar-refractivity contribution in [3.8, 4) is 0 Å². The highest BCUT2D eigenvalue weighted by Crippen LogP contribution is 2.17. The number of aryl methyl sites for hydroxylation is 1. The largest absolute Gasteiger partial charge is 0.478 e. The fraction of sp³-hybridized carbons (Fsp3) is 0.231. The maximum absolute atomic E-state index is 12.2. The van der Waals surface area contributed by atoms with Gasteiger partial charge in [-0.25, -0.2) is 22.9 Å². The van der Waals surface area contributed by atoms with E-state index in [9.17, 15) is 13.2 Å². The topological polar surface area (TPSA) is 101 Å². The molecule has 112 valence electrons. The molecule has 0 aliphatic rings. The molecule has 0 atom stereocenters. The van der Waals surface area contributed by atoms with Crippen LogP contribution in [-0.2, 0) is 16.6 Å². The molecule has 0 spiro atoms. The van der Waals surface area contributed by atoms with Gasteiger partial charge in [-0.3, -0.25) is 0 Å². The van der Waals surface area contributed by atoms with E-state index in [1.807, 2.05) is 0 Å². The molecule has 0 bridgehead atoms. The molecule has 1 aromatic carbocycles. The molecule has 1 heterocycles. The van der Waals surface area contributed by atoms with Crippen LogP contribution in [-0.4, -0.2) is 35.6 Å². The highest BCUT2D eigenvalue weighted by Gasteiger charge is 2.18. The second-order valence-electron chi connectivity index (χ2n) is 4.48. The first-order chi connectivity index (χ1) is 9.90. The number of sulfonamides is 1. The summed E-state index contributed by atoms with van der Waals surface area (Å²) in [5, 5.41) is 8.94. The number of aromatic carboxylic acids is 1. The summed E-state index contributed by atoms with van der Waals surface area (Å²) in [5.41, 5.74) is 0.436. The Balaban J connectivity index is 2.15. The van der Waals surface area contributed by atoms with Crippen molar-refractivity contribution in [3.05, 3.63) is 48.0 Å². The molecule has 0 amide bonds. The molecule has 2 rings (SSSR count). The van der Waals surface area contributed by atoms with E-state index in [1.165, 1.54) is 12.1 Å². The first kappa shape index (κ1) is 15.2. The molecule has 21 heavy (non-hydrogen) atoms. The van der Waals surface area contributed by atoms with Gasteiger partial charge in [0.2, 0.25) is 10.0 Å². The summed E-state index contributed by atoms with van der Waals surface area (Å²) in [7, 11) is -3.75. The van der Waals surface area contributed by atoms with Crippen LogP contribution in [0.25, 0.3) is 0 Å². The smallest absolute Gasteiger partial charge is 0.335 e. The summed E-state index contributed by atoms with van der Waals surface area (Å²) in [6.45, 7) is 2.25. The summed E-state index contributed by atoms with van der Waals surface area (Å²) in [4.78, 5) is 14.8. The van der Waals surface area contributed by atoms with Crippen molar-refractivity contribution < 1.29 is 18.3 Å². The molecule has 1 aromatic heterocycles. The van der Waals surface area contributed by atoms with E-state index in [-0.39, 0.29) is 17.0 Å². The molecule has 0 saturated heterocycles. The predicted molar refractivity (Wildman–Crippen MR) is 75.6 cm³/mol. The normalized spacial score (nSPS) is 11.5. The molecule has 2 N–H and O–H groups in total. The van der Waals surface area contributed by atoms with Gasteiger partial charge in [0, 0.05) is 25.5 Å². The molecule has 0 aliphatic heterocycles. The zero-order valence-electron chi connectivity index (χ0n) is 11.4. The Bertz CT molecular complexity index is 739. The van der Waals surface area contributed by atoms with E-state index < -0.39 is 16.0 Å². The minimum Gasteiger partial charge on any atom is -0.478 e. The summed E-state index contributed by atoms with van der Waals surface area (Å²) in [5.74, 6) is -1.16. The van der Waals surface area contributed by atoms with E-state index >= 15 is 0 Å². The number of nitrogens with zero attached hydrogens (tertiary/aromatic N) is 2. The Kier molecular flexibility index (Phi) is 4.39. The van der Waals surface area contributed by atoms with Crippen LogP contribution in [0.2, 0.25) is 0 Å². The lowest BCUT2D eigenvalue weighted by Gasteiger charge is -2.10. The number of imidazole rings is 1. The first-order valence-electron chi connectivity index (χ1n) is 6.19. The van der Waals surface area contributed by atoms with E-state index in [0.29, 0.717) is 12.1 Å². The zero-order valence-corrected chi connectivity index (χ0v) is 12.2. The molecular weight excluding hydrogens is 294 g/mol. The van der Waals surface area contributed by atoms with Gasteiger partial charge in [-0.05, 0) is 24.6 Å². The Morgan fingerprint density at radius 3 is 2.81 bits per heavy atom. The van der Waals surface area contributed by atoms with Gasteiger partial charge in [0.05, 0.1) is 16.8 Å². The van der Waals surface area contributed by atoms with Crippen molar-refractivity contribution >= 4 is 16.0 Å². The van der Waals surface area contributed by atoms with Crippen LogP contribution in [0.4, 0.5) is 0 Å². The maximum atomic E-state index is 12.2. The van der Waals surface area contributed by atoms with Crippen LogP contribution >= 0.6 is 0 Å². The third-order valence-corrected chi connectivity index (χ3v) is 4.55. The van der Waals surface area contributed by atoms with E-state index in [1.54, 1.807) is 30.2 Å². The van der Waals surface area contributed by atoms with Gasteiger partial charge in [0.15, 0.2) is 0 Å². The molecule has 8 heteroatoms.